The van der Waals surface area contributed by atoms with E-state index in [2.05, 4.69) is 4.98 Å². The lowest BCUT2D eigenvalue weighted by Gasteiger charge is -2.15. The third kappa shape index (κ3) is 1.26. The van der Waals surface area contributed by atoms with Gasteiger partial charge >= 0.3 is 0 Å². The van der Waals surface area contributed by atoms with Crippen molar-refractivity contribution in [1.29, 1.82) is 0 Å². The second-order valence-corrected chi connectivity index (χ2v) is 4.08. The Morgan fingerprint density at radius 3 is 2.69 bits per heavy atom. The molecule has 0 radical (unpaired) electrons. The minimum absolute atomic E-state index is 0.0837. The van der Waals surface area contributed by atoms with Crippen LogP contribution in [0.15, 0.2) is 24.0 Å². The van der Waals surface area contributed by atoms with Crippen molar-refractivity contribution in [3.63, 3.8) is 0 Å². The number of pyridine rings is 1. The minimum atomic E-state index is -0.0954. The van der Waals surface area contributed by atoms with Gasteiger partial charge in [0.15, 0.2) is 5.78 Å². The fraction of sp³-hybridized carbons (Fsp3) is 0.250. The van der Waals surface area contributed by atoms with Crippen LogP contribution in [0.25, 0.3) is 0 Å². The van der Waals surface area contributed by atoms with Gasteiger partial charge in [0.1, 0.15) is 0 Å². The second kappa shape index (κ2) is 3.01. The van der Waals surface area contributed by atoms with E-state index in [1.807, 2.05) is 11.8 Å². The highest BCUT2D eigenvalue weighted by Crippen LogP contribution is 2.26. The van der Waals surface area contributed by atoms with Crippen LogP contribution in [0.2, 0.25) is 0 Å². The van der Waals surface area contributed by atoms with E-state index < -0.39 is 0 Å². The molecule has 1 aromatic rings. The summed E-state index contributed by atoms with van der Waals surface area (Å²) >= 11 is 0. The van der Waals surface area contributed by atoms with Crippen LogP contribution in [-0.2, 0) is 0 Å². The molecule has 0 amide bonds. The van der Waals surface area contributed by atoms with Gasteiger partial charge in [-0.2, -0.15) is 0 Å². The van der Waals surface area contributed by atoms with E-state index >= 15 is 0 Å². The van der Waals surface area contributed by atoms with E-state index in [9.17, 15) is 9.59 Å². The van der Waals surface area contributed by atoms with Gasteiger partial charge in [0, 0.05) is 36.6 Å². The van der Waals surface area contributed by atoms with Gasteiger partial charge in [-0.15, -0.1) is 0 Å². The van der Waals surface area contributed by atoms with Gasteiger partial charge in [-0.3, -0.25) is 14.6 Å². The van der Waals surface area contributed by atoms with E-state index in [-0.39, 0.29) is 11.6 Å². The molecule has 0 aromatic carbocycles. The Bertz CT molecular complexity index is 542. The predicted molar refractivity (Wildman–Crippen MR) is 57.3 cm³/mol. The van der Waals surface area contributed by atoms with Gasteiger partial charge in [-0.1, -0.05) is 0 Å². The van der Waals surface area contributed by atoms with E-state index in [1.165, 1.54) is 12.3 Å². The van der Waals surface area contributed by atoms with Crippen LogP contribution >= 0.6 is 0 Å². The quantitative estimate of drug-likeness (QED) is 0.653. The first-order valence-corrected chi connectivity index (χ1v) is 5.19. The molecule has 1 aromatic heterocycles. The van der Waals surface area contributed by atoms with E-state index in [1.54, 1.807) is 6.07 Å². The first-order valence-electron chi connectivity index (χ1n) is 5.19. The molecule has 16 heavy (non-hydrogen) atoms. The topological polar surface area (TPSA) is 50.0 Å². The first-order chi connectivity index (χ1) is 7.66. The van der Waals surface area contributed by atoms with Crippen molar-refractivity contribution in [1.82, 2.24) is 9.88 Å². The average molecular weight is 214 g/mol. The number of hydrogen-bond donors (Lipinski definition) is 0. The van der Waals surface area contributed by atoms with Crippen molar-refractivity contribution in [2.24, 2.45) is 0 Å². The summed E-state index contributed by atoms with van der Waals surface area (Å²) in [5.74, 6) is -0.179. The molecule has 0 atom stereocenters. The average Bonchev–Trinajstić information content (AvgIpc) is 3.07. The van der Waals surface area contributed by atoms with Crippen LogP contribution in [-0.4, -0.2) is 34.5 Å². The van der Waals surface area contributed by atoms with Crippen LogP contribution in [0.4, 0.5) is 0 Å². The number of carbonyl (C=O) groups excluding carboxylic acids is 2. The molecule has 80 valence electrons. The molecule has 0 saturated carbocycles. The number of hydrogen-bond acceptors (Lipinski definition) is 4. The number of nitrogens with zero attached hydrogens (tertiary/aromatic N) is 2. The molecule has 1 saturated heterocycles. The van der Waals surface area contributed by atoms with Gasteiger partial charge in [0.2, 0.25) is 5.78 Å². The van der Waals surface area contributed by atoms with Crippen molar-refractivity contribution >= 4 is 11.6 Å². The molecule has 4 nitrogen and oxygen atoms in total. The van der Waals surface area contributed by atoms with Gasteiger partial charge in [0.05, 0.1) is 11.3 Å². The molecule has 3 rings (SSSR count). The van der Waals surface area contributed by atoms with Crippen molar-refractivity contribution in [2.45, 2.75) is 6.92 Å². The zero-order valence-electron chi connectivity index (χ0n) is 8.86. The first kappa shape index (κ1) is 9.27. The molecule has 2 heterocycles. The summed E-state index contributed by atoms with van der Waals surface area (Å²) in [4.78, 5) is 29.9. The maximum atomic E-state index is 12.1. The number of aryl methyl sites for hydroxylation is 1. The molecule has 0 spiro atoms. The maximum Gasteiger partial charge on any atom is 0.211 e. The molecule has 2 aliphatic rings. The molecular formula is C12H10N2O2. The Morgan fingerprint density at radius 2 is 2.00 bits per heavy atom. The van der Waals surface area contributed by atoms with E-state index in [0.29, 0.717) is 16.8 Å². The van der Waals surface area contributed by atoms with Crippen molar-refractivity contribution in [3.05, 3.63) is 40.9 Å². The number of allylic oxidation sites excluding steroid dienone is 2. The SMILES string of the molecule is Cc1cc2c(cn1)C(=O)C(N1CC1)=CC2=O. The van der Waals surface area contributed by atoms with Gasteiger partial charge in [0.25, 0.3) is 0 Å². The third-order valence-corrected chi connectivity index (χ3v) is 2.84. The Hall–Kier alpha value is -1.97. The molecule has 0 N–H and O–H groups in total. The standard InChI is InChI=1S/C12H10N2O2/c1-7-4-8-9(6-13-7)12(16)10(5-11(8)15)14-2-3-14/h4-6H,2-3H2,1H3. The Labute approximate surface area is 92.6 Å². The Balaban J connectivity index is 2.14. The van der Waals surface area contributed by atoms with Gasteiger partial charge in [-0.05, 0) is 13.0 Å². The molecular weight excluding hydrogens is 204 g/mol. The monoisotopic (exact) mass is 214 g/mol. The fourth-order valence-corrected chi connectivity index (χ4v) is 1.88. The van der Waals surface area contributed by atoms with Crippen molar-refractivity contribution < 1.29 is 9.59 Å². The number of aromatic nitrogens is 1. The number of carbonyl (C=O) groups is 2. The highest BCUT2D eigenvalue weighted by Gasteiger charge is 2.33. The smallest absolute Gasteiger partial charge is 0.211 e. The van der Waals surface area contributed by atoms with Crippen LogP contribution in [0.3, 0.4) is 0 Å². The van der Waals surface area contributed by atoms with Gasteiger partial charge < -0.3 is 4.90 Å². The summed E-state index contributed by atoms with van der Waals surface area (Å²) in [7, 11) is 0. The van der Waals surface area contributed by atoms with Crippen LogP contribution in [0, 0.1) is 6.92 Å². The molecule has 0 bridgehead atoms. The summed E-state index contributed by atoms with van der Waals surface area (Å²) in [6, 6.07) is 1.67. The number of fused-ring (bicyclic) bond motifs is 1. The zero-order valence-corrected chi connectivity index (χ0v) is 8.86. The third-order valence-electron chi connectivity index (χ3n) is 2.84. The van der Waals surface area contributed by atoms with Crippen molar-refractivity contribution in [2.75, 3.05) is 13.1 Å². The second-order valence-electron chi connectivity index (χ2n) is 4.08. The Kier molecular flexibility index (Phi) is 1.74. The molecule has 1 aliphatic carbocycles. The Morgan fingerprint density at radius 1 is 1.25 bits per heavy atom. The summed E-state index contributed by atoms with van der Waals surface area (Å²) in [5, 5.41) is 0. The van der Waals surface area contributed by atoms with E-state index in [4.69, 9.17) is 0 Å². The maximum absolute atomic E-state index is 12.1. The molecule has 0 unspecified atom stereocenters. The lowest BCUT2D eigenvalue weighted by Crippen LogP contribution is -2.21. The summed E-state index contributed by atoms with van der Waals surface area (Å²) in [6.45, 7) is 3.53. The predicted octanol–water partition coefficient (Wildman–Crippen LogP) is 0.969. The number of Topliss-reactive ketones (excluding diaryl/α,β-unsaturated/α-hetero) is 1. The van der Waals surface area contributed by atoms with Crippen LogP contribution in [0.5, 0.6) is 0 Å². The highest BCUT2D eigenvalue weighted by atomic mass is 16.1. The summed E-state index contributed by atoms with van der Waals surface area (Å²) in [6.07, 6.45) is 2.94. The van der Waals surface area contributed by atoms with Crippen molar-refractivity contribution in [3.8, 4) is 0 Å². The molecule has 1 fully saturated rings. The zero-order chi connectivity index (χ0) is 11.3. The molecule has 1 aliphatic heterocycles. The van der Waals surface area contributed by atoms with Gasteiger partial charge in [-0.25, -0.2) is 0 Å². The lowest BCUT2D eigenvalue weighted by atomic mass is 9.94. The summed E-state index contributed by atoms with van der Waals surface area (Å²) < 4.78 is 0. The lowest BCUT2D eigenvalue weighted by molar-refractivity contribution is 0.0969. The highest BCUT2D eigenvalue weighted by molar-refractivity contribution is 6.24. The number of ketones is 2. The largest absolute Gasteiger partial charge is 0.365 e. The summed E-state index contributed by atoms with van der Waals surface area (Å²) in [5.41, 5.74) is 2.18. The van der Waals surface area contributed by atoms with Crippen LogP contribution in [0.1, 0.15) is 26.4 Å². The number of rotatable bonds is 1. The fourth-order valence-electron chi connectivity index (χ4n) is 1.88. The van der Waals surface area contributed by atoms with Crippen LogP contribution < -0.4 is 0 Å². The normalized spacial score (nSPS) is 18.3. The van der Waals surface area contributed by atoms with E-state index in [0.717, 1.165) is 18.8 Å². The molecule has 4 heteroatoms. The minimum Gasteiger partial charge on any atom is -0.365 e.